The number of hydrogen-bond acceptors (Lipinski definition) is 0. The van der Waals surface area contributed by atoms with Gasteiger partial charge in [-0.1, -0.05) is 75.9 Å². The lowest BCUT2D eigenvalue weighted by molar-refractivity contribution is 1.16. The highest BCUT2D eigenvalue weighted by molar-refractivity contribution is 9.11. The zero-order valence-corrected chi connectivity index (χ0v) is 15.0. The minimum Gasteiger partial charge on any atom is -0.0786 e. The molecule has 2 rings (SSSR count). The summed E-state index contributed by atoms with van der Waals surface area (Å²) >= 11 is 14.3. The molecule has 0 aromatic heterocycles. The SMILES string of the molecule is Brc1cccc(C(Br)c2cc(Br)ccc2Br)c1. The summed E-state index contributed by atoms with van der Waals surface area (Å²) in [5.74, 6) is 0. The van der Waals surface area contributed by atoms with Crippen molar-refractivity contribution >= 4 is 63.7 Å². The number of benzene rings is 2. The fourth-order valence-electron chi connectivity index (χ4n) is 1.55. The van der Waals surface area contributed by atoms with E-state index in [2.05, 4.69) is 81.9 Å². The van der Waals surface area contributed by atoms with Gasteiger partial charge in [-0.05, 0) is 41.5 Å². The van der Waals surface area contributed by atoms with Crippen molar-refractivity contribution in [2.24, 2.45) is 0 Å². The van der Waals surface area contributed by atoms with E-state index < -0.39 is 0 Å². The summed E-state index contributed by atoms with van der Waals surface area (Å²) < 4.78 is 3.27. The van der Waals surface area contributed by atoms with Crippen LogP contribution in [0.4, 0.5) is 0 Å². The summed E-state index contributed by atoms with van der Waals surface area (Å²) in [6.07, 6.45) is 0. The molecule has 2 aromatic rings. The zero-order chi connectivity index (χ0) is 12.4. The minimum atomic E-state index is 0.173. The molecule has 4 heteroatoms. The van der Waals surface area contributed by atoms with E-state index in [0.29, 0.717) is 0 Å². The maximum Gasteiger partial charge on any atom is 0.0656 e. The summed E-state index contributed by atoms with van der Waals surface area (Å²) in [5, 5.41) is 0. The minimum absolute atomic E-state index is 0.173. The van der Waals surface area contributed by atoms with Crippen LogP contribution in [0.25, 0.3) is 0 Å². The third kappa shape index (κ3) is 3.43. The Morgan fingerprint density at radius 2 is 1.53 bits per heavy atom. The summed E-state index contributed by atoms with van der Waals surface area (Å²) in [6.45, 7) is 0. The maximum atomic E-state index is 3.74. The second-order valence-electron chi connectivity index (χ2n) is 3.58. The molecule has 0 spiro atoms. The summed E-state index contributed by atoms with van der Waals surface area (Å²) in [4.78, 5) is 0.173. The summed E-state index contributed by atoms with van der Waals surface area (Å²) in [7, 11) is 0. The van der Waals surface area contributed by atoms with Crippen LogP contribution in [-0.2, 0) is 0 Å². The van der Waals surface area contributed by atoms with Crippen LogP contribution in [0.2, 0.25) is 0 Å². The van der Waals surface area contributed by atoms with Crippen molar-refractivity contribution in [3.8, 4) is 0 Å². The van der Waals surface area contributed by atoms with Gasteiger partial charge in [0.1, 0.15) is 0 Å². The normalized spacial score (nSPS) is 12.5. The monoisotopic (exact) mass is 480 g/mol. The molecule has 0 saturated heterocycles. The van der Waals surface area contributed by atoms with Crippen LogP contribution in [0, 0.1) is 0 Å². The Hall–Kier alpha value is 0.360. The first-order valence-electron chi connectivity index (χ1n) is 4.92. The molecule has 2 aromatic carbocycles. The second kappa shape index (κ2) is 6.00. The predicted molar refractivity (Wildman–Crippen MR) is 86.8 cm³/mol. The lowest BCUT2D eigenvalue weighted by atomic mass is 10.1. The molecule has 0 heterocycles. The smallest absolute Gasteiger partial charge is 0.0656 e. The van der Waals surface area contributed by atoms with Crippen molar-refractivity contribution < 1.29 is 0 Å². The van der Waals surface area contributed by atoms with E-state index in [9.17, 15) is 0 Å². The van der Waals surface area contributed by atoms with Crippen LogP contribution in [0.5, 0.6) is 0 Å². The van der Waals surface area contributed by atoms with Crippen LogP contribution < -0.4 is 0 Å². The molecule has 0 N–H and O–H groups in total. The van der Waals surface area contributed by atoms with Gasteiger partial charge in [-0.2, -0.15) is 0 Å². The highest BCUT2D eigenvalue weighted by atomic mass is 79.9. The molecule has 88 valence electrons. The molecule has 0 radical (unpaired) electrons. The van der Waals surface area contributed by atoms with Crippen molar-refractivity contribution in [1.29, 1.82) is 0 Å². The van der Waals surface area contributed by atoms with E-state index in [4.69, 9.17) is 0 Å². The van der Waals surface area contributed by atoms with E-state index in [1.165, 1.54) is 11.1 Å². The molecule has 0 aliphatic heterocycles. The molecule has 0 bridgehead atoms. The topological polar surface area (TPSA) is 0 Å². The van der Waals surface area contributed by atoms with Crippen LogP contribution >= 0.6 is 63.7 Å². The Morgan fingerprint density at radius 3 is 2.24 bits per heavy atom. The van der Waals surface area contributed by atoms with Gasteiger partial charge in [-0.3, -0.25) is 0 Å². The highest BCUT2D eigenvalue weighted by Crippen LogP contribution is 2.37. The van der Waals surface area contributed by atoms with Crippen molar-refractivity contribution in [3.63, 3.8) is 0 Å². The standard InChI is InChI=1S/C13H8Br4/c14-9-3-1-2-8(6-9)13(17)11-7-10(15)4-5-12(11)16/h1-7,13H. The molecule has 0 saturated carbocycles. The Balaban J connectivity index is 2.43. The first-order chi connectivity index (χ1) is 8.08. The lowest BCUT2D eigenvalue weighted by Gasteiger charge is -2.13. The maximum absolute atomic E-state index is 3.74. The van der Waals surface area contributed by atoms with Gasteiger partial charge in [0.05, 0.1) is 4.83 Å². The third-order valence-corrected chi connectivity index (χ3v) is 5.10. The number of alkyl halides is 1. The lowest BCUT2D eigenvalue weighted by Crippen LogP contribution is -1.94. The first kappa shape index (κ1) is 13.8. The molecular weight excluding hydrogens is 476 g/mol. The second-order valence-corrected chi connectivity index (χ2v) is 7.18. The van der Waals surface area contributed by atoms with Crippen LogP contribution in [-0.4, -0.2) is 0 Å². The fraction of sp³-hybridized carbons (Fsp3) is 0.0769. The van der Waals surface area contributed by atoms with Gasteiger partial charge in [-0.25, -0.2) is 0 Å². The molecule has 0 nitrogen and oxygen atoms in total. The predicted octanol–water partition coefficient (Wildman–Crippen LogP) is 6.46. The van der Waals surface area contributed by atoms with Gasteiger partial charge in [-0.15, -0.1) is 0 Å². The van der Waals surface area contributed by atoms with Crippen LogP contribution in [0.15, 0.2) is 55.9 Å². The van der Waals surface area contributed by atoms with E-state index in [-0.39, 0.29) is 4.83 Å². The summed E-state index contributed by atoms with van der Waals surface area (Å²) in [6, 6.07) is 14.5. The van der Waals surface area contributed by atoms with Crippen molar-refractivity contribution in [3.05, 3.63) is 67.0 Å². The molecule has 0 aliphatic carbocycles. The zero-order valence-electron chi connectivity index (χ0n) is 8.63. The molecule has 0 aliphatic rings. The van der Waals surface area contributed by atoms with E-state index in [1.54, 1.807) is 0 Å². The highest BCUT2D eigenvalue weighted by Gasteiger charge is 2.14. The summed E-state index contributed by atoms with van der Waals surface area (Å²) in [5.41, 5.74) is 2.43. The number of rotatable bonds is 2. The van der Waals surface area contributed by atoms with E-state index in [0.717, 1.165) is 13.4 Å². The molecule has 1 unspecified atom stereocenters. The van der Waals surface area contributed by atoms with Gasteiger partial charge in [0.15, 0.2) is 0 Å². The molecular formula is C13H8Br4. The quantitative estimate of drug-likeness (QED) is 0.430. The molecule has 0 fully saturated rings. The van der Waals surface area contributed by atoms with Gasteiger partial charge in [0.2, 0.25) is 0 Å². The largest absolute Gasteiger partial charge is 0.0786 e. The van der Waals surface area contributed by atoms with Crippen LogP contribution in [0.3, 0.4) is 0 Å². The van der Waals surface area contributed by atoms with Gasteiger partial charge in [0.25, 0.3) is 0 Å². The van der Waals surface area contributed by atoms with E-state index in [1.807, 2.05) is 24.3 Å². The Kier molecular flexibility index (Phi) is 4.87. The number of hydrogen-bond donors (Lipinski definition) is 0. The molecule has 0 amide bonds. The molecule has 1 atom stereocenters. The van der Waals surface area contributed by atoms with Crippen LogP contribution in [0.1, 0.15) is 16.0 Å². The number of halogens is 4. The Labute approximate surface area is 134 Å². The van der Waals surface area contributed by atoms with E-state index >= 15 is 0 Å². The van der Waals surface area contributed by atoms with Crippen molar-refractivity contribution in [2.45, 2.75) is 4.83 Å². The average Bonchev–Trinajstić information content (AvgIpc) is 2.31. The van der Waals surface area contributed by atoms with Crippen molar-refractivity contribution in [2.75, 3.05) is 0 Å². The molecule has 17 heavy (non-hydrogen) atoms. The van der Waals surface area contributed by atoms with Gasteiger partial charge in [0, 0.05) is 13.4 Å². The fourth-order valence-corrected chi connectivity index (χ4v) is 3.79. The Morgan fingerprint density at radius 1 is 0.824 bits per heavy atom. The third-order valence-electron chi connectivity index (χ3n) is 2.37. The Bertz CT molecular complexity index is 537. The first-order valence-corrected chi connectivity index (χ1v) is 8.22. The van der Waals surface area contributed by atoms with Crippen molar-refractivity contribution in [1.82, 2.24) is 0 Å². The van der Waals surface area contributed by atoms with Gasteiger partial charge >= 0.3 is 0 Å². The average molecular weight is 484 g/mol. The van der Waals surface area contributed by atoms with Gasteiger partial charge < -0.3 is 0 Å².